The lowest BCUT2D eigenvalue weighted by molar-refractivity contribution is -0.149. The molecule has 14 heavy (non-hydrogen) atoms. The highest BCUT2D eigenvalue weighted by atomic mass is 16.5. The number of hydrogen-bond acceptors (Lipinski definition) is 4. The molecule has 1 saturated heterocycles. The Kier molecular flexibility index (Phi) is 4.35. The lowest BCUT2D eigenvalue weighted by Crippen LogP contribution is -2.52. The first-order valence-corrected chi connectivity index (χ1v) is 5.16. The van der Waals surface area contributed by atoms with Gasteiger partial charge in [-0.2, -0.15) is 0 Å². The molecule has 4 nitrogen and oxygen atoms in total. The Morgan fingerprint density at radius 3 is 2.93 bits per heavy atom. The number of rotatable bonds is 3. The van der Waals surface area contributed by atoms with Gasteiger partial charge in [0.05, 0.1) is 7.11 Å². The molecule has 0 aromatic carbocycles. The van der Waals surface area contributed by atoms with Crippen molar-refractivity contribution in [3.8, 4) is 0 Å². The van der Waals surface area contributed by atoms with Crippen molar-refractivity contribution in [1.29, 1.82) is 0 Å². The normalized spacial score (nSPS) is 28.1. The molecule has 1 unspecified atom stereocenters. The van der Waals surface area contributed by atoms with Crippen LogP contribution < -0.4 is 5.32 Å². The van der Waals surface area contributed by atoms with E-state index in [0.717, 1.165) is 26.0 Å². The van der Waals surface area contributed by atoms with Crippen LogP contribution in [-0.2, 0) is 14.3 Å². The van der Waals surface area contributed by atoms with Gasteiger partial charge in [0.1, 0.15) is 5.54 Å². The van der Waals surface area contributed by atoms with Gasteiger partial charge in [-0.3, -0.25) is 4.79 Å². The largest absolute Gasteiger partial charge is 0.468 e. The van der Waals surface area contributed by atoms with Crippen molar-refractivity contribution >= 4 is 5.97 Å². The summed E-state index contributed by atoms with van der Waals surface area (Å²) in [7, 11) is 1.44. The molecule has 0 aromatic heterocycles. The molecule has 0 radical (unpaired) electrons. The maximum absolute atomic E-state index is 11.7. The van der Waals surface area contributed by atoms with Gasteiger partial charge < -0.3 is 14.8 Å². The zero-order chi connectivity index (χ0) is 10.4. The zero-order valence-electron chi connectivity index (χ0n) is 8.97. The monoisotopic (exact) mass is 201 g/mol. The summed E-state index contributed by atoms with van der Waals surface area (Å²) in [4.78, 5) is 11.7. The molecule has 1 heterocycles. The molecule has 1 N–H and O–H groups in total. The lowest BCUT2D eigenvalue weighted by Gasteiger charge is -2.29. The number of hydrogen-bond donors (Lipinski definition) is 1. The van der Waals surface area contributed by atoms with Crippen molar-refractivity contribution in [2.75, 3.05) is 26.9 Å². The molecule has 82 valence electrons. The van der Waals surface area contributed by atoms with Gasteiger partial charge in [0, 0.05) is 13.2 Å². The van der Waals surface area contributed by atoms with Gasteiger partial charge in [-0.25, -0.2) is 0 Å². The van der Waals surface area contributed by atoms with Gasteiger partial charge >= 0.3 is 5.97 Å². The number of nitrogens with one attached hydrogen (secondary N) is 1. The van der Waals surface area contributed by atoms with Crippen LogP contribution in [0.4, 0.5) is 0 Å². The number of methoxy groups -OCH3 is 1. The molecule has 0 spiro atoms. The van der Waals surface area contributed by atoms with E-state index in [2.05, 4.69) is 5.32 Å². The van der Waals surface area contributed by atoms with Crippen LogP contribution >= 0.6 is 0 Å². The molecule has 0 aliphatic carbocycles. The summed E-state index contributed by atoms with van der Waals surface area (Å²) < 4.78 is 10.2. The Labute approximate surface area is 85.0 Å². The second-order valence-corrected chi connectivity index (χ2v) is 3.57. The Bertz CT molecular complexity index is 186. The number of ether oxygens (including phenoxy) is 2. The van der Waals surface area contributed by atoms with Crippen molar-refractivity contribution in [2.45, 2.75) is 31.7 Å². The molecule has 0 aromatic rings. The summed E-state index contributed by atoms with van der Waals surface area (Å²) >= 11 is 0. The van der Waals surface area contributed by atoms with Crippen LogP contribution in [0.15, 0.2) is 0 Å². The Hall–Kier alpha value is -0.610. The second kappa shape index (κ2) is 5.32. The molecule has 0 bridgehead atoms. The predicted molar refractivity (Wildman–Crippen MR) is 53.1 cm³/mol. The van der Waals surface area contributed by atoms with E-state index in [1.54, 1.807) is 0 Å². The maximum atomic E-state index is 11.7. The Morgan fingerprint density at radius 1 is 1.50 bits per heavy atom. The van der Waals surface area contributed by atoms with Gasteiger partial charge in [-0.15, -0.1) is 0 Å². The summed E-state index contributed by atoms with van der Waals surface area (Å²) in [5, 5.41) is 3.23. The quantitative estimate of drug-likeness (QED) is 0.683. The summed E-state index contributed by atoms with van der Waals surface area (Å²) in [6.07, 6.45) is 2.41. The predicted octanol–water partition coefficient (Wildman–Crippen LogP) is 0.708. The van der Waals surface area contributed by atoms with Crippen LogP contribution in [0.25, 0.3) is 0 Å². The van der Waals surface area contributed by atoms with Gasteiger partial charge in [0.25, 0.3) is 0 Å². The highest BCUT2D eigenvalue weighted by Crippen LogP contribution is 2.22. The molecule has 0 saturated carbocycles. The van der Waals surface area contributed by atoms with Crippen LogP contribution in [0.1, 0.15) is 26.2 Å². The zero-order valence-corrected chi connectivity index (χ0v) is 8.97. The van der Waals surface area contributed by atoms with E-state index in [0.29, 0.717) is 13.0 Å². The molecule has 1 atom stereocenters. The number of carbonyl (C=O) groups excluding carboxylic acids is 1. The summed E-state index contributed by atoms with van der Waals surface area (Å²) in [6.45, 7) is 4.14. The highest BCUT2D eigenvalue weighted by Gasteiger charge is 2.38. The van der Waals surface area contributed by atoms with Crippen molar-refractivity contribution in [1.82, 2.24) is 5.32 Å². The molecule has 1 aliphatic rings. The molecule has 1 aliphatic heterocycles. The molecular formula is C10H19NO3. The van der Waals surface area contributed by atoms with Crippen LogP contribution in [0.5, 0.6) is 0 Å². The van der Waals surface area contributed by atoms with E-state index < -0.39 is 5.54 Å². The Balaban J connectivity index is 2.71. The number of esters is 1. The van der Waals surface area contributed by atoms with E-state index in [1.165, 1.54) is 7.11 Å². The third-order valence-corrected chi connectivity index (χ3v) is 2.66. The first kappa shape index (κ1) is 11.5. The van der Waals surface area contributed by atoms with Crippen LogP contribution in [0, 0.1) is 0 Å². The van der Waals surface area contributed by atoms with Gasteiger partial charge in [-0.1, -0.05) is 6.92 Å². The van der Waals surface area contributed by atoms with Crippen LogP contribution in [0.2, 0.25) is 0 Å². The standard InChI is InChI=1S/C10H19NO3/c1-3-11-10(9(12)13-2)5-4-7-14-8-6-10/h11H,3-8H2,1-2H3. The SMILES string of the molecule is CCNC1(C(=O)OC)CCCOCC1. The first-order valence-electron chi connectivity index (χ1n) is 5.16. The molecule has 4 heteroatoms. The highest BCUT2D eigenvalue weighted by molar-refractivity contribution is 5.80. The second-order valence-electron chi connectivity index (χ2n) is 3.57. The van der Waals surface area contributed by atoms with E-state index >= 15 is 0 Å². The first-order chi connectivity index (χ1) is 6.75. The topological polar surface area (TPSA) is 47.6 Å². The van der Waals surface area contributed by atoms with E-state index in [9.17, 15) is 4.79 Å². The summed E-state index contributed by atoms with van der Waals surface area (Å²) in [6, 6.07) is 0. The minimum Gasteiger partial charge on any atom is -0.468 e. The summed E-state index contributed by atoms with van der Waals surface area (Å²) in [5.41, 5.74) is -0.514. The maximum Gasteiger partial charge on any atom is 0.326 e. The Morgan fingerprint density at radius 2 is 2.29 bits per heavy atom. The van der Waals surface area contributed by atoms with Crippen LogP contribution in [0.3, 0.4) is 0 Å². The molecule has 0 amide bonds. The fourth-order valence-electron chi connectivity index (χ4n) is 1.94. The van der Waals surface area contributed by atoms with E-state index in [4.69, 9.17) is 9.47 Å². The summed E-state index contributed by atoms with van der Waals surface area (Å²) in [5.74, 6) is -0.162. The third-order valence-electron chi connectivity index (χ3n) is 2.66. The fourth-order valence-corrected chi connectivity index (χ4v) is 1.94. The van der Waals surface area contributed by atoms with Gasteiger partial charge in [0.15, 0.2) is 0 Å². The minimum atomic E-state index is -0.514. The third kappa shape index (κ3) is 2.45. The van der Waals surface area contributed by atoms with E-state index in [1.807, 2.05) is 6.92 Å². The van der Waals surface area contributed by atoms with Crippen molar-refractivity contribution in [2.24, 2.45) is 0 Å². The van der Waals surface area contributed by atoms with Crippen molar-refractivity contribution in [3.05, 3.63) is 0 Å². The van der Waals surface area contributed by atoms with Crippen LogP contribution in [-0.4, -0.2) is 38.4 Å². The minimum absolute atomic E-state index is 0.162. The molecule has 1 fully saturated rings. The smallest absolute Gasteiger partial charge is 0.326 e. The molecule has 1 rings (SSSR count). The van der Waals surface area contributed by atoms with Crippen molar-refractivity contribution < 1.29 is 14.3 Å². The van der Waals surface area contributed by atoms with E-state index in [-0.39, 0.29) is 5.97 Å². The number of likely N-dealkylation sites (N-methyl/N-ethyl adjacent to an activating group) is 1. The lowest BCUT2D eigenvalue weighted by atomic mass is 9.90. The van der Waals surface area contributed by atoms with Crippen molar-refractivity contribution in [3.63, 3.8) is 0 Å². The average Bonchev–Trinajstić information content (AvgIpc) is 2.44. The average molecular weight is 201 g/mol. The molecular weight excluding hydrogens is 182 g/mol. The van der Waals surface area contributed by atoms with Gasteiger partial charge in [-0.05, 0) is 25.8 Å². The van der Waals surface area contributed by atoms with Gasteiger partial charge in [0.2, 0.25) is 0 Å². The fraction of sp³-hybridized carbons (Fsp3) is 0.900. The number of carbonyl (C=O) groups is 1.